The van der Waals surface area contributed by atoms with Gasteiger partial charge in [-0.2, -0.15) is 0 Å². The van der Waals surface area contributed by atoms with Crippen LogP contribution in [0.15, 0.2) is 28.1 Å². The van der Waals surface area contributed by atoms with E-state index in [0.717, 1.165) is 38.2 Å². The van der Waals surface area contributed by atoms with E-state index in [9.17, 15) is 0 Å². The third kappa shape index (κ3) is 3.09. The lowest BCUT2D eigenvalue weighted by molar-refractivity contribution is 0.107. The highest BCUT2D eigenvalue weighted by atomic mass is 79.9. The minimum absolute atomic E-state index is 0.0207. The van der Waals surface area contributed by atoms with Crippen molar-refractivity contribution in [2.24, 2.45) is 5.73 Å². The molecule has 0 amide bonds. The Morgan fingerprint density at radius 2 is 2.38 bits per heavy atom. The van der Waals surface area contributed by atoms with Crippen LogP contribution in [0, 0.1) is 0 Å². The van der Waals surface area contributed by atoms with Crippen molar-refractivity contribution in [3.8, 4) is 0 Å². The number of aromatic nitrogens is 1. The summed E-state index contributed by atoms with van der Waals surface area (Å²) >= 11 is 13.3. The minimum atomic E-state index is -0.0810. The van der Waals surface area contributed by atoms with Crippen molar-refractivity contribution in [3.05, 3.63) is 43.0 Å². The maximum Gasteiger partial charge on any atom is 0.131 e. The van der Waals surface area contributed by atoms with E-state index in [-0.39, 0.29) is 12.1 Å². The van der Waals surface area contributed by atoms with E-state index in [4.69, 9.17) is 22.1 Å². The molecular formula is C16H15BrClN3OS2. The van der Waals surface area contributed by atoms with Crippen molar-refractivity contribution in [1.82, 2.24) is 4.98 Å². The fraction of sp³-hybridized carbons (Fsp3) is 0.312. The van der Waals surface area contributed by atoms with E-state index in [1.165, 1.54) is 4.88 Å². The normalized spacial score (nSPS) is 20.8. The number of ether oxygens (including phenoxy) is 1. The Labute approximate surface area is 161 Å². The molecule has 0 spiro atoms. The highest BCUT2D eigenvalue weighted by molar-refractivity contribution is 9.10. The van der Waals surface area contributed by atoms with Crippen LogP contribution in [0.25, 0.3) is 10.2 Å². The molecule has 2 atom stereocenters. The molecule has 1 aliphatic heterocycles. The molecule has 0 radical (unpaired) electrons. The van der Waals surface area contributed by atoms with Crippen molar-refractivity contribution in [3.63, 3.8) is 0 Å². The minimum Gasteiger partial charge on any atom is -0.379 e. The number of nitrogens with zero attached hydrogens (tertiary/aromatic N) is 1. The predicted octanol–water partition coefficient (Wildman–Crippen LogP) is 5.17. The van der Waals surface area contributed by atoms with Gasteiger partial charge in [-0.15, -0.1) is 22.7 Å². The Balaban J connectivity index is 1.73. The quantitative estimate of drug-likeness (QED) is 0.545. The molecule has 0 aromatic carbocycles. The van der Waals surface area contributed by atoms with E-state index < -0.39 is 0 Å². The second-order valence-electron chi connectivity index (χ2n) is 5.63. The standard InChI is InChI=1S/C16H15BrClN3OS2/c17-12-13-15(24-16(12)14-9(19)3-4-22-14)10(6-11(18)21-13)20-7-8-2-1-5-23-8/h1-2,5-6,9,14H,3-4,7,19H2,(H,20,21)/t9-,14+/m1/s1. The molecule has 0 saturated carbocycles. The van der Waals surface area contributed by atoms with Gasteiger partial charge in [-0.05, 0) is 33.8 Å². The van der Waals surface area contributed by atoms with Crippen LogP contribution in [0.1, 0.15) is 22.3 Å². The van der Waals surface area contributed by atoms with Crippen LogP contribution in [-0.4, -0.2) is 17.6 Å². The van der Waals surface area contributed by atoms with Crippen molar-refractivity contribution < 1.29 is 4.74 Å². The first-order valence-electron chi connectivity index (χ1n) is 7.55. The number of anilines is 1. The maximum absolute atomic E-state index is 6.23. The van der Waals surface area contributed by atoms with Crippen molar-refractivity contribution >= 4 is 66.1 Å². The third-order valence-electron chi connectivity index (χ3n) is 4.01. The zero-order valence-electron chi connectivity index (χ0n) is 12.6. The van der Waals surface area contributed by atoms with Gasteiger partial charge in [0, 0.05) is 30.1 Å². The van der Waals surface area contributed by atoms with Gasteiger partial charge in [-0.25, -0.2) is 4.98 Å². The molecular weight excluding hydrogens is 430 g/mol. The highest BCUT2D eigenvalue weighted by Crippen LogP contribution is 2.45. The lowest BCUT2D eigenvalue weighted by Gasteiger charge is -2.12. The van der Waals surface area contributed by atoms with Gasteiger partial charge in [-0.3, -0.25) is 0 Å². The van der Waals surface area contributed by atoms with Crippen LogP contribution in [0.5, 0.6) is 0 Å². The summed E-state index contributed by atoms with van der Waals surface area (Å²) in [5.41, 5.74) is 8.04. The van der Waals surface area contributed by atoms with Gasteiger partial charge in [0.1, 0.15) is 11.3 Å². The topological polar surface area (TPSA) is 60.2 Å². The summed E-state index contributed by atoms with van der Waals surface area (Å²) in [5, 5.41) is 6.02. The summed E-state index contributed by atoms with van der Waals surface area (Å²) in [4.78, 5) is 6.85. The fourth-order valence-electron chi connectivity index (χ4n) is 2.81. The van der Waals surface area contributed by atoms with Crippen molar-refractivity contribution in [1.29, 1.82) is 0 Å². The zero-order valence-corrected chi connectivity index (χ0v) is 16.6. The summed E-state index contributed by atoms with van der Waals surface area (Å²) < 4.78 is 7.83. The number of pyridine rings is 1. The number of nitrogens with one attached hydrogen (secondary N) is 1. The molecule has 0 unspecified atom stereocenters. The van der Waals surface area contributed by atoms with Crippen LogP contribution in [0.3, 0.4) is 0 Å². The highest BCUT2D eigenvalue weighted by Gasteiger charge is 2.31. The third-order valence-corrected chi connectivity index (χ3v) is 7.42. The molecule has 4 heterocycles. The van der Waals surface area contributed by atoms with Gasteiger partial charge in [0.25, 0.3) is 0 Å². The van der Waals surface area contributed by atoms with Gasteiger partial charge in [0.15, 0.2) is 0 Å². The molecule has 3 N–H and O–H groups in total. The first kappa shape index (κ1) is 16.8. The first-order valence-corrected chi connectivity index (χ1v) is 10.4. The molecule has 4 nitrogen and oxygen atoms in total. The van der Waals surface area contributed by atoms with Crippen LogP contribution < -0.4 is 11.1 Å². The monoisotopic (exact) mass is 443 g/mol. The molecule has 1 fully saturated rings. The Hall–Kier alpha value is -0.700. The summed E-state index contributed by atoms with van der Waals surface area (Å²) in [6.45, 7) is 1.46. The molecule has 3 aromatic rings. The second-order valence-corrected chi connectivity index (χ2v) is 8.89. The number of halogens is 2. The van der Waals surface area contributed by atoms with Crippen LogP contribution in [0.4, 0.5) is 5.69 Å². The number of thiophene rings is 2. The van der Waals surface area contributed by atoms with Crippen molar-refractivity contribution in [2.75, 3.05) is 11.9 Å². The molecule has 1 aliphatic rings. The number of fused-ring (bicyclic) bond motifs is 1. The lowest BCUT2D eigenvalue weighted by Crippen LogP contribution is -2.22. The average Bonchev–Trinajstić information content (AvgIpc) is 3.27. The van der Waals surface area contributed by atoms with E-state index in [1.807, 2.05) is 6.07 Å². The molecule has 4 rings (SSSR count). The van der Waals surface area contributed by atoms with Gasteiger partial charge >= 0.3 is 0 Å². The van der Waals surface area contributed by atoms with Crippen LogP contribution in [-0.2, 0) is 11.3 Å². The SMILES string of the molecule is N[C@@H]1CCO[C@@H]1c1sc2c(NCc3cccs3)cc(Cl)nc2c1Br. The summed E-state index contributed by atoms with van der Waals surface area (Å²) in [6, 6.07) is 6.06. The fourth-order valence-corrected chi connectivity index (χ4v) is 5.79. The van der Waals surface area contributed by atoms with Crippen LogP contribution >= 0.6 is 50.2 Å². The molecule has 24 heavy (non-hydrogen) atoms. The van der Waals surface area contributed by atoms with E-state index >= 15 is 0 Å². The second kappa shape index (κ2) is 6.90. The Morgan fingerprint density at radius 3 is 3.08 bits per heavy atom. The molecule has 3 aromatic heterocycles. The lowest BCUT2D eigenvalue weighted by atomic mass is 10.1. The molecule has 126 valence electrons. The van der Waals surface area contributed by atoms with Gasteiger partial charge < -0.3 is 15.8 Å². The Bertz CT molecular complexity index is 868. The van der Waals surface area contributed by atoms with Crippen molar-refractivity contribution in [2.45, 2.75) is 25.1 Å². The summed E-state index contributed by atoms with van der Waals surface area (Å²) in [5.74, 6) is 0. The number of nitrogens with two attached hydrogens (primary N) is 1. The first-order chi connectivity index (χ1) is 11.6. The Kier molecular flexibility index (Phi) is 4.81. The molecule has 8 heteroatoms. The molecule has 0 bridgehead atoms. The number of hydrogen-bond donors (Lipinski definition) is 2. The smallest absolute Gasteiger partial charge is 0.131 e. The molecule has 1 saturated heterocycles. The Morgan fingerprint density at radius 1 is 1.50 bits per heavy atom. The summed E-state index contributed by atoms with van der Waals surface area (Å²) in [7, 11) is 0. The van der Waals surface area contributed by atoms with E-state index in [2.05, 4.69) is 43.7 Å². The van der Waals surface area contributed by atoms with E-state index in [1.54, 1.807) is 22.7 Å². The number of hydrogen-bond acceptors (Lipinski definition) is 6. The average molecular weight is 445 g/mol. The summed E-state index contributed by atoms with van der Waals surface area (Å²) in [6.07, 6.45) is 0.797. The molecule has 0 aliphatic carbocycles. The largest absolute Gasteiger partial charge is 0.379 e. The van der Waals surface area contributed by atoms with Gasteiger partial charge in [0.2, 0.25) is 0 Å². The maximum atomic E-state index is 6.23. The van der Waals surface area contributed by atoms with E-state index in [0.29, 0.717) is 11.8 Å². The zero-order chi connectivity index (χ0) is 16.7. The predicted molar refractivity (Wildman–Crippen MR) is 105 cm³/mol. The number of rotatable bonds is 4. The van der Waals surface area contributed by atoms with Gasteiger partial charge in [-0.1, -0.05) is 17.7 Å². The van der Waals surface area contributed by atoms with Crippen LogP contribution in [0.2, 0.25) is 5.15 Å². The van der Waals surface area contributed by atoms with Gasteiger partial charge in [0.05, 0.1) is 25.3 Å².